The van der Waals surface area contributed by atoms with Crippen molar-refractivity contribution >= 4 is 21.6 Å². The van der Waals surface area contributed by atoms with Crippen LogP contribution in [0.5, 0.6) is 0 Å². The number of nitrogens with two attached hydrogens (primary N) is 1. The molecular formula is C26H23FN4O4S. The van der Waals surface area contributed by atoms with Crippen molar-refractivity contribution in [1.29, 1.82) is 0 Å². The number of hydrogen-bond donors (Lipinski definition) is 3. The van der Waals surface area contributed by atoms with Crippen LogP contribution in [0, 0.1) is 5.82 Å². The fourth-order valence-corrected chi connectivity index (χ4v) is 5.36. The number of aliphatic carboxylic acids is 1. The largest absolute Gasteiger partial charge is 0.480 e. The quantitative estimate of drug-likeness (QED) is 0.313. The van der Waals surface area contributed by atoms with E-state index in [2.05, 4.69) is 15.3 Å². The van der Waals surface area contributed by atoms with E-state index in [1.54, 1.807) is 42.5 Å². The van der Waals surface area contributed by atoms with Crippen LogP contribution in [0.1, 0.15) is 11.3 Å². The molecule has 0 aliphatic rings. The molecule has 0 aliphatic carbocycles. The molecule has 2 aromatic heterocycles. The smallest absolute Gasteiger partial charge is 0.322 e. The van der Waals surface area contributed by atoms with Crippen LogP contribution in [0.4, 0.5) is 10.2 Å². The number of nitrogens with one attached hydrogen (secondary N) is 1. The summed E-state index contributed by atoms with van der Waals surface area (Å²) in [5.41, 5.74) is 9.00. The van der Waals surface area contributed by atoms with Crippen LogP contribution in [0.2, 0.25) is 0 Å². The minimum atomic E-state index is -4.20. The highest BCUT2D eigenvalue weighted by atomic mass is 32.2. The van der Waals surface area contributed by atoms with Crippen molar-refractivity contribution < 1.29 is 22.7 Å². The summed E-state index contributed by atoms with van der Waals surface area (Å²) in [4.78, 5) is 17.2. The van der Waals surface area contributed by atoms with Crippen molar-refractivity contribution in [2.45, 2.75) is 16.2 Å². The lowest BCUT2D eigenvalue weighted by Gasteiger charge is -2.29. The van der Waals surface area contributed by atoms with Gasteiger partial charge in [-0.25, -0.2) is 17.8 Å². The zero-order chi connectivity index (χ0) is 25.8. The van der Waals surface area contributed by atoms with Gasteiger partial charge >= 0.3 is 5.97 Å². The van der Waals surface area contributed by atoms with Crippen LogP contribution in [-0.4, -0.2) is 36.0 Å². The standard InChI is InChI=1S/C26H23FN4O4S/c27-21-12-10-20(11-13-21)19-8-6-18(7-9-19)15-26(28,36(34,35)22-3-2-14-29-16-22)23-4-1-5-24(31-23)30-17-25(32)33/h1-14,16H,15,17,28H2,(H,30,31)(H,32,33). The van der Waals surface area contributed by atoms with Gasteiger partial charge in [0.05, 0.1) is 10.6 Å². The van der Waals surface area contributed by atoms with E-state index in [1.807, 2.05) is 0 Å². The highest BCUT2D eigenvalue weighted by Gasteiger charge is 2.44. The van der Waals surface area contributed by atoms with Gasteiger partial charge in [-0.2, -0.15) is 0 Å². The van der Waals surface area contributed by atoms with Gasteiger partial charge in [0.15, 0.2) is 4.87 Å². The van der Waals surface area contributed by atoms with E-state index in [0.717, 1.165) is 11.1 Å². The van der Waals surface area contributed by atoms with Crippen molar-refractivity contribution in [2.75, 3.05) is 11.9 Å². The van der Waals surface area contributed by atoms with Gasteiger partial charge in [0, 0.05) is 18.8 Å². The molecule has 0 amide bonds. The Balaban J connectivity index is 1.74. The lowest BCUT2D eigenvalue weighted by molar-refractivity contribution is -0.134. The maximum Gasteiger partial charge on any atom is 0.322 e. The molecule has 0 saturated carbocycles. The highest BCUT2D eigenvalue weighted by molar-refractivity contribution is 7.92. The van der Waals surface area contributed by atoms with E-state index in [1.165, 1.54) is 48.8 Å². The minimum absolute atomic E-state index is 0.0457. The number of carboxylic acid groups (broad SMARTS) is 1. The van der Waals surface area contributed by atoms with Crippen LogP contribution in [-0.2, 0) is 25.9 Å². The summed E-state index contributed by atoms with van der Waals surface area (Å²) in [5.74, 6) is -1.25. The molecule has 184 valence electrons. The number of rotatable bonds is 9. The molecule has 0 saturated heterocycles. The molecule has 0 fully saturated rings. The molecule has 4 aromatic rings. The van der Waals surface area contributed by atoms with Gasteiger partial charge in [-0.3, -0.25) is 9.78 Å². The number of sulfone groups is 1. The lowest BCUT2D eigenvalue weighted by Crippen LogP contribution is -2.47. The molecule has 1 atom stereocenters. The molecule has 0 radical (unpaired) electrons. The Morgan fingerprint density at radius 2 is 1.64 bits per heavy atom. The Kier molecular flexibility index (Phi) is 7.09. The first-order valence-corrected chi connectivity index (χ1v) is 12.4. The number of anilines is 1. The number of benzene rings is 2. The van der Waals surface area contributed by atoms with E-state index < -0.39 is 27.2 Å². The summed E-state index contributed by atoms with van der Waals surface area (Å²) in [6.45, 7) is -0.395. The van der Waals surface area contributed by atoms with Crippen LogP contribution in [0.25, 0.3) is 11.1 Å². The Hall–Kier alpha value is -4.15. The molecule has 0 bridgehead atoms. The van der Waals surface area contributed by atoms with Crippen LogP contribution in [0.3, 0.4) is 0 Å². The van der Waals surface area contributed by atoms with E-state index in [-0.39, 0.29) is 28.6 Å². The number of aromatic nitrogens is 2. The van der Waals surface area contributed by atoms with Gasteiger partial charge in [0.25, 0.3) is 0 Å². The molecule has 2 heterocycles. The van der Waals surface area contributed by atoms with E-state index >= 15 is 0 Å². The third kappa shape index (κ3) is 5.24. The number of nitrogens with zero attached hydrogens (tertiary/aromatic N) is 2. The molecule has 2 aromatic carbocycles. The van der Waals surface area contributed by atoms with Crippen LogP contribution in [0.15, 0.2) is 96.2 Å². The third-order valence-corrected chi connectivity index (χ3v) is 7.80. The molecule has 4 N–H and O–H groups in total. The number of halogens is 1. The second-order valence-electron chi connectivity index (χ2n) is 8.12. The van der Waals surface area contributed by atoms with Crippen LogP contribution >= 0.6 is 0 Å². The minimum Gasteiger partial charge on any atom is -0.480 e. The summed E-state index contributed by atoms with van der Waals surface area (Å²) in [6, 6.07) is 20.7. The summed E-state index contributed by atoms with van der Waals surface area (Å²) in [7, 11) is -4.20. The first-order valence-electron chi connectivity index (χ1n) is 10.9. The average molecular weight is 507 g/mol. The Morgan fingerprint density at radius 3 is 2.25 bits per heavy atom. The van der Waals surface area contributed by atoms with Gasteiger partial charge in [0.1, 0.15) is 18.2 Å². The SMILES string of the molecule is NC(Cc1ccc(-c2ccc(F)cc2)cc1)(c1cccc(NCC(=O)O)n1)S(=O)(=O)c1cccnc1. The average Bonchev–Trinajstić information content (AvgIpc) is 2.89. The molecule has 1 unspecified atom stereocenters. The maximum absolute atomic E-state index is 13.8. The van der Waals surface area contributed by atoms with Gasteiger partial charge in [-0.15, -0.1) is 0 Å². The summed E-state index contributed by atoms with van der Waals surface area (Å²) >= 11 is 0. The first kappa shape index (κ1) is 25.0. The molecule has 10 heteroatoms. The molecule has 0 spiro atoms. The number of pyridine rings is 2. The van der Waals surface area contributed by atoms with Crippen molar-refractivity contribution in [3.05, 3.63) is 108 Å². The van der Waals surface area contributed by atoms with E-state index in [9.17, 15) is 17.6 Å². The Labute approximate surface area is 207 Å². The second-order valence-corrected chi connectivity index (χ2v) is 10.3. The summed E-state index contributed by atoms with van der Waals surface area (Å²) in [6.07, 6.45) is 2.56. The van der Waals surface area contributed by atoms with Crippen molar-refractivity contribution in [3.63, 3.8) is 0 Å². The van der Waals surface area contributed by atoms with Crippen molar-refractivity contribution in [3.8, 4) is 11.1 Å². The predicted octanol–water partition coefficient (Wildman–Crippen LogP) is 3.61. The van der Waals surface area contributed by atoms with Gasteiger partial charge in [0.2, 0.25) is 9.84 Å². The van der Waals surface area contributed by atoms with Crippen molar-refractivity contribution in [2.24, 2.45) is 5.73 Å². The lowest BCUT2D eigenvalue weighted by atomic mass is 9.99. The van der Waals surface area contributed by atoms with Gasteiger partial charge < -0.3 is 16.2 Å². The Morgan fingerprint density at radius 1 is 0.972 bits per heavy atom. The molecule has 0 aliphatic heterocycles. The Bertz CT molecular complexity index is 1460. The monoisotopic (exact) mass is 506 g/mol. The predicted molar refractivity (Wildman–Crippen MR) is 133 cm³/mol. The third-order valence-electron chi connectivity index (χ3n) is 5.63. The zero-order valence-corrected chi connectivity index (χ0v) is 19.8. The molecule has 4 rings (SSSR count). The second kappa shape index (κ2) is 10.2. The topological polar surface area (TPSA) is 135 Å². The van der Waals surface area contributed by atoms with E-state index in [0.29, 0.717) is 5.56 Å². The van der Waals surface area contributed by atoms with Gasteiger partial charge in [-0.05, 0) is 53.1 Å². The highest BCUT2D eigenvalue weighted by Crippen LogP contribution is 2.34. The first-order chi connectivity index (χ1) is 17.2. The normalized spacial score (nSPS) is 13.1. The van der Waals surface area contributed by atoms with Crippen molar-refractivity contribution in [1.82, 2.24) is 9.97 Å². The maximum atomic E-state index is 13.8. The van der Waals surface area contributed by atoms with Crippen LogP contribution < -0.4 is 11.1 Å². The number of hydrogen-bond acceptors (Lipinski definition) is 7. The number of carboxylic acids is 1. The molecule has 36 heavy (non-hydrogen) atoms. The summed E-state index contributed by atoms with van der Waals surface area (Å²) < 4.78 is 40.9. The number of carbonyl (C=O) groups is 1. The zero-order valence-electron chi connectivity index (χ0n) is 19.0. The van der Waals surface area contributed by atoms with E-state index in [4.69, 9.17) is 10.8 Å². The van der Waals surface area contributed by atoms with Gasteiger partial charge in [-0.1, -0.05) is 42.5 Å². The molecule has 8 nitrogen and oxygen atoms in total. The summed E-state index contributed by atoms with van der Waals surface area (Å²) in [5, 5.41) is 11.6. The molecular weight excluding hydrogens is 483 g/mol. The fourth-order valence-electron chi connectivity index (χ4n) is 3.74. The fraction of sp³-hybridized carbons (Fsp3) is 0.115.